The number of aromatic nitrogens is 2. The highest BCUT2D eigenvalue weighted by Gasteiger charge is 2.31. The zero-order valence-corrected chi connectivity index (χ0v) is 12.9. The van der Waals surface area contributed by atoms with Gasteiger partial charge in [0.05, 0.1) is 6.07 Å². The monoisotopic (exact) mass is 322 g/mol. The number of amides is 1. The van der Waals surface area contributed by atoms with Crippen LogP contribution < -0.4 is 5.32 Å². The molecule has 3 rings (SSSR count). The van der Waals surface area contributed by atoms with Crippen LogP contribution in [0.15, 0.2) is 30.6 Å². The van der Waals surface area contributed by atoms with Crippen molar-refractivity contribution in [2.45, 2.75) is 12.8 Å². The number of imidazole rings is 1. The Morgan fingerprint density at radius 3 is 2.79 bits per heavy atom. The number of aryl methyl sites for hydroxylation is 2. The van der Waals surface area contributed by atoms with Crippen LogP contribution >= 0.6 is 0 Å². The van der Waals surface area contributed by atoms with Gasteiger partial charge in [-0.15, -0.1) is 0 Å². The number of ketones is 2. The summed E-state index contributed by atoms with van der Waals surface area (Å²) in [6, 6.07) is 6.55. The van der Waals surface area contributed by atoms with E-state index in [1.54, 1.807) is 31.4 Å². The van der Waals surface area contributed by atoms with Crippen LogP contribution in [-0.2, 0) is 18.3 Å². The summed E-state index contributed by atoms with van der Waals surface area (Å²) in [7, 11) is 1.63. The Hall–Kier alpha value is -3.27. The molecule has 2 aromatic rings. The summed E-state index contributed by atoms with van der Waals surface area (Å²) in [5.41, 5.74) is 1.76. The van der Waals surface area contributed by atoms with Crippen molar-refractivity contribution < 1.29 is 14.4 Å². The number of Topliss-reactive ketones (excluding diaryl/α,β-unsaturated/α-hetero) is 2. The fourth-order valence-corrected chi connectivity index (χ4v) is 2.67. The summed E-state index contributed by atoms with van der Waals surface area (Å²) in [4.78, 5) is 40.3. The zero-order valence-electron chi connectivity index (χ0n) is 12.9. The largest absolute Gasteiger partial charge is 0.332 e. The quantitative estimate of drug-likeness (QED) is 0.678. The molecule has 1 atom stereocenters. The van der Waals surface area contributed by atoms with Gasteiger partial charge in [0.2, 0.25) is 11.7 Å². The van der Waals surface area contributed by atoms with Crippen molar-refractivity contribution in [3.8, 4) is 6.07 Å². The number of hydrogen-bond acceptors (Lipinski definition) is 5. The number of fused-ring (bicyclic) bond motifs is 1. The molecule has 0 spiro atoms. The van der Waals surface area contributed by atoms with Crippen molar-refractivity contribution in [2.75, 3.05) is 5.32 Å². The zero-order chi connectivity index (χ0) is 17.3. The summed E-state index contributed by atoms with van der Waals surface area (Å²) < 4.78 is 1.47. The van der Waals surface area contributed by atoms with Crippen molar-refractivity contribution in [3.05, 3.63) is 47.5 Å². The average Bonchev–Trinajstić information content (AvgIpc) is 3.00. The molecule has 1 aromatic heterocycles. The lowest BCUT2D eigenvalue weighted by atomic mass is 9.91. The summed E-state index contributed by atoms with van der Waals surface area (Å²) in [5.74, 6) is -2.63. The minimum absolute atomic E-state index is 0.0681. The molecule has 0 unspecified atom stereocenters. The maximum atomic E-state index is 12.6. The third-order valence-electron chi connectivity index (χ3n) is 3.98. The van der Waals surface area contributed by atoms with Crippen molar-refractivity contribution in [1.82, 2.24) is 9.55 Å². The highest BCUT2D eigenvalue weighted by atomic mass is 16.2. The maximum absolute atomic E-state index is 12.6. The van der Waals surface area contributed by atoms with Gasteiger partial charge in [0.15, 0.2) is 17.5 Å². The molecule has 0 fully saturated rings. The summed E-state index contributed by atoms with van der Waals surface area (Å²) >= 11 is 0. The summed E-state index contributed by atoms with van der Waals surface area (Å²) in [6.07, 6.45) is 3.88. The van der Waals surface area contributed by atoms with E-state index < -0.39 is 17.5 Å². The van der Waals surface area contributed by atoms with E-state index in [2.05, 4.69) is 10.3 Å². The molecule has 0 bridgehead atoms. The van der Waals surface area contributed by atoms with Gasteiger partial charge < -0.3 is 9.88 Å². The van der Waals surface area contributed by atoms with E-state index in [0.29, 0.717) is 18.5 Å². The first-order chi connectivity index (χ1) is 11.5. The average molecular weight is 322 g/mol. The van der Waals surface area contributed by atoms with Crippen LogP contribution in [0.25, 0.3) is 0 Å². The van der Waals surface area contributed by atoms with E-state index in [-0.39, 0.29) is 17.3 Å². The normalized spacial score (nSPS) is 14.2. The number of benzene rings is 1. The smallest absolute Gasteiger partial charge is 0.224 e. The molecule has 0 radical (unpaired) electrons. The molecule has 2 heterocycles. The van der Waals surface area contributed by atoms with E-state index in [4.69, 9.17) is 0 Å². The molecule has 120 valence electrons. The van der Waals surface area contributed by atoms with Gasteiger partial charge in [-0.1, -0.05) is 0 Å². The first-order valence-corrected chi connectivity index (χ1v) is 7.39. The van der Waals surface area contributed by atoms with Gasteiger partial charge in [0, 0.05) is 37.1 Å². The van der Waals surface area contributed by atoms with Crippen LogP contribution in [0.1, 0.15) is 33.0 Å². The van der Waals surface area contributed by atoms with Gasteiger partial charge in [-0.05, 0) is 30.2 Å². The van der Waals surface area contributed by atoms with Crippen LogP contribution in [0.2, 0.25) is 0 Å². The third kappa shape index (κ3) is 2.70. The van der Waals surface area contributed by atoms with E-state index >= 15 is 0 Å². The lowest BCUT2D eigenvalue weighted by Gasteiger charge is -2.17. The third-order valence-corrected chi connectivity index (χ3v) is 3.98. The van der Waals surface area contributed by atoms with Gasteiger partial charge in [-0.3, -0.25) is 14.4 Å². The molecule has 1 N–H and O–H groups in total. The summed E-state index contributed by atoms with van der Waals surface area (Å²) in [5, 5.41) is 12.0. The van der Waals surface area contributed by atoms with Gasteiger partial charge in [0.1, 0.15) is 0 Å². The Labute approximate surface area is 137 Å². The molecule has 1 aromatic carbocycles. The molecule has 0 saturated heterocycles. The number of carbonyl (C=O) groups is 3. The van der Waals surface area contributed by atoms with Crippen molar-refractivity contribution >= 4 is 23.2 Å². The van der Waals surface area contributed by atoms with E-state index in [9.17, 15) is 19.6 Å². The molecule has 1 amide bonds. The number of anilines is 1. The second kappa shape index (κ2) is 6.08. The van der Waals surface area contributed by atoms with Crippen LogP contribution in [0, 0.1) is 17.2 Å². The number of nitriles is 1. The topological polar surface area (TPSA) is 105 Å². The lowest BCUT2D eigenvalue weighted by molar-refractivity contribution is -0.116. The SMILES string of the molecule is Cn1ccnc1C(=O)[C@H](C#N)C(=O)c1ccc2c(c1)CCC(=O)N2. The predicted molar refractivity (Wildman–Crippen MR) is 84.4 cm³/mol. The highest BCUT2D eigenvalue weighted by Crippen LogP contribution is 2.25. The fraction of sp³-hybridized carbons (Fsp3) is 0.235. The van der Waals surface area contributed by atoms with Gasteiger partial charge in [0.25, 0.3) is 0 Å². The van der Waals surface area contributed by atoms with Crippen LogP contribution in [0.3, 0.4) is 0 Å². The second-order valence-corrected chi connectivity index (χ2v) is 5.57. The summed E-state index contributed by atoms with van der Waals surface area (Å²) in [6.45, 7) is 0. The molecule has 0 saturated carbocycles. The molecule has 24 heavy (non-hydrogen) atoms. The first-order valence-electron chi connectivity index (χ1n) is 7.39. The van der Waals surface area contributed by atoms with E-state index in [1.165, 1.54) is 16.8 Å². The molecule has 1 aliphatic heterocycles. The van der Waals surface area contributed by atoms with Crippen LogP contribution in [0.5, 0.6) is 0 Å². The van der Waals surface area contributed by atoms with Crippen LogP contribution in [-0.4, -0.2) is 27.0 Å². The second-order valence-electron chi connectivity index (χ2n) is 5.57. The standard InChI is InChI=1S/C17H14N4O3/c1-21-7-6-19-17(21)16(24)12(9-18)15(23)11-2-4-13-10(8-11)3-5-14(22)20-13/h2,4,6-8,12H,3,5H2,1H3,(H,20,22)/t12-/m1/s1. The Morgan fingerprint density at radius 1 is 1.33 bits per heavy atom. The molecular formula is C17H14N4O3. The van der Waals surface area contributed by atoms with E-state index in [0.717, 1.165) is 5.56 Å². The molecule has 7 heteroatoms. The maximum Gasteiger partial charge on any atom is 0.224 e. The minimum atomic E-state index is -1.44. The molecule has 0 aliphatic carbocycles. The molecule has 1 aliphatic rings. The van der Waals surface area contributed by atoms with Gasteiger partial charge in [-0.25, -0.2) is 4.98 Å². The Morgan fingerprint density at radius 2 is 2.12 bits per heavy atom. The number of nitrogens with one attached hydrogen (secondary N) is 1. The van der Waals surface area contributed by atoms with Crippen LogP contribution in [0.4, 0.5) is 5.69 Å². The fourth-order valence-electron chi connectivity index (χ4n) is 2.67. The Balaban J connectivity index is 1.90. The molecule has 7 nitrogen and oxygen atoms in total. The van der Waals surface area contributed by atoms with Gasteiger partial charge in [-0.2, -0.15) is 5.26 Å². The molecular weight excluding hydrogens is 308 g/mol. The predicted octanol–water partition coefficient (Wildman–Crippen LogP) is 1.51. The number of rotatable bonds is 4. The number of nitrogens with zero attached hydrogens (tertiary/aromatic N) is 3. The Kier molecular flexibility index (Phi) is 3.96. The Bertz CT molecular complexity index is 891. The minimum Gasteiger partial charge on any atom is -0.332 e. The lowest BCUT2D eigenvalue weighted by Crippen LogP contribution is -2.26. The highest BCUT2D eigenvalue weighted by molar-refractivity contribution is 6.17. The number of carbonyl (C=O) groups excluding carboxylic acids is 3. The van der Waals surface area contributed by atoms with Crippen molar-refractivity contribution in [1.29, 1.82) is 5.26 Å². The van der Waals surface area contributed by atoms with Gasteiger partial charge >= 0.3 is 0 Å². The van der Waals surface area contributed by atoms with Crippen molar-refractivity contribution in [2.24, 2.45) is 13.0 Å². The van der Waals surface area contributed by atoms with E-state index in [1.807, 2.05) is 0 Å². The first kappa shape index (κ1) is 15.6. The van der Waals surface area contributed by atoms with Crippen molar-refractivity contribution in [3.63, 3.8) is 0 Å². The number of hydrogen-bond donors (Lipinski definition) is 1.